The Hall–Kier alpha value is -1.42. The lowest BCUT2D eigenvalue weighted by Crippen LogP contribution is -2.52. The van der Waals surface area contributed by atoms with Crippen molar-refractivity contribution in [2.45, 2.75) is 117 Å². The predicted molar refractivity (Wildman–Crippen MR) is 145 cm³/mol. The van der Waals surface area contributed by atoms with E-state index in [0.29, 0.717) is 11.8 Å². The zero-order valence-electron chi connectivity index (χ0n) is 22.6. The number of aliphatic hydroxyl groups is 1. The van der Waals surface area contributed by atoms with E-state index in [1.807, 2.05) is 45.1 Å². The summed E-state index contributed by atoms with van der Waals surface area (Å²) in [5.41, 5.74) is 2.22. The maximum Gasteiger partial charge on any atom is 0.169 e. The zero-order chi connectivity index (χ0) is 25.1. The van der Waals surface area contributed by atoms with Crippen molar-refractivity contribution in [2.24, 2.45) is 17.8 Å². The first-order valence-corrected chi connectivity index (χ1v) is 13.5. The number of rotatable bonds is 11. The number of aliphatic hydroxyl groups excluding tert-OH is 1. The molecule has 0 amide bonds. The molecule has 3 nitrogen and oxygen atoms in total. The molecular formula is C31H50O3. The van der Waals surface area contributed by atoms with Crippen LogP contribution in [0.3, 0.4) is 0 Å². The second kappa shape index (κ2) is 14.2. The molecule has 0 aromatic carbocycles. The van der Waals surface area contributed by atoms with Crippen LogP contribution in [0.2, 0.25) is 0 Å². The molecule has 34 heavy (non-hydrogen) atoms. The van der Waals surface area contributed by atoms with Gasteiger partial charge in [-0.1, -0.05) is 93.9 Å². The lowest BCUT2D eigenvalue weighted by molar-refractivity contribution is -0.324. The molecule has 192 valence electrons. The Bertz CT molecular complexity index is 746. The van der Waals surface area contributed by atoms with Crippen LogP contribution in [0.5, 0.6) is 0 Å². The van der Waals surface area contributed by atoms with E-state index in [1.165, 1.54) is 19.3 Å². The summed E-state index contributed by atoms with van der Waals surface area (Å²) >= 11 is 0. The second-order valence-electron chi connectivity index (χ2n) is 10.7. The van der Waals surface area contributed by atoms with E-state index >= 15 is 0 Å². The molecule has 0 aromatic heterocycles. The van der Waals surface area contributed by atoms with Gasteiger partial charge in [0.1, 0.15) is 0 Å². The van der Waals surface area contributed by atoms with Gasteiger partial charge in [-0.15, -0.1) is 0 Å². The van der Waals surface area contributed by atoms with Crippen LogP contribution in [-0.4, -0.2) is 29.2 Å². The van der Waals surface area contributed by atoms with Crippen molar-refractivity contribution in [3.63, 3.8) is 0 Å². The minimum Gasteiger partial charge on any atom is -0.388 e. The van der Waals surface area contributed by atoms with Gasteiger partial charge in [0, 0.05) is 18.8 Å². The van der Waals surface area contributed by atoms with E-state index in [1.54, 1.807) is 0 Å². The van der Waals surface area contributed by atoms with Gasteiger partial charge >= 0.3 is 0 Å². The minimum absolute atomic E-state index is 0.104. The molecule has 0 bridgehead atoms. The maximum absolute atomic E-state index is 10.3. The van der Waals surface area contributed by atoms with Crippen molar-refractivity contribution in [3.8, 4) is 0 Å². The normalized spacial score (nSPS) is 32.7. The fraction of sp³-hybridized carbons (Fsp3) is 0.677. The Morgan fingerprint density at radius 3 is 2.56 bits per heavy atom. The average Bonchev–Trinajstić information content (AvgIpc) is 2.81. The molecule has 6 unspecified atom stereocenters. The van der Waals surface area contributed by atoms with Gasteiger partial charge in [-0.2, -0.15) is 0 Å². The van der Waals surface area contributed by atoms with Crippen molar-refractivity contribution < 1.29 is 14.6 Å². The molecule has 0 saturated carbocycles. The third-order valence-electron chi connectivity index (χ3n) is 7.45. The second-order valence-corrected chi connectivity index (χ2v) is 10.7. The van der Waals surface area contributed by atoms with Crippen LogP contribution in [0.1, 0.15) is 92.9 Å². The van der Waals surface area contributed by atoms with E-state index in [-0.39, 0.29) is 18.1 Å². The molecule has 0 aliphatic carbocycles. The fourth-order valence-electron chi connectivity index (χ4n) is 5.05. The van der Waals surface area contributed by atoms with Gasteiger partial charge in [0.2, 0.25) is 0 Å². The zero-order valence-corrected chi connectivity index (χ0v) is 22.6. The van der Waals surface area contributed by atoms with Crippen LogP contribution < -0.4 is 0 Å². The van der Waals surface area contributed by atoms with E-state index < -0.39 is 11.9 Å². The first kappa shape index (κ1) is 28.8. The molecular weight excluding hydrogens is 420 g/mol. The van der Waals surface area contributed by atoms with E-state index in [4.69, 9.17) is 9.47 Å². The highest BCUT2D eigenvalue weighted by Crippen LogP contribution is 2.44. The summed E-state index contributed by atoms with van der Waals surface area (Å²) in [6.07, 6.45) is 23.1. The Morgan fingerprint density at radius 2 is 1.88 bits per heavy atom. The summed E-state index contributed by atoms with van der Waals surface area (Å²) in [5.74, 6) is 0.725. The fourth-order valence-corrected chi connectivity index (χ4v) is 5.05. The van der Waals surface area contributed by atoms with Crippen LogP contribution in [0.4, 0.5) is 0 Å². The highest BCUT2D eigenvalue weighted by Gasteiger charge is 2.46. The molecule has 0 radical (unpaired) electrons. The van der Waals surface area contributed by atoms with Crippen LogP contribution in [0.25, 0.3) is 0 Å². The van der Waals surface area contributed by atoms with Crippen LogP contribution in [-0.2, 0) is 9.47 Å². The van der Waals surface area contributed by atoms with Crippen LogP contribution in [0, 0.1) is 17.8 Å². The molecule has 3 heteroatoms. The standard InChI is InChI=1S/C31H50O3/c1-8-10-12-27-20-22-31(34-30(27)17-13-23(3)4)21-19-26(7)29(33-31)18-15-24(5)14-16-28(32)25(6)11-9-2/h9,11,13-17,25-30,32H,3,8,10,12,18-22H2,1-2,4-7H3/b11-9+,16-14+,17-13+,24-15+/t25?,26?,27?,28?,29?,30?,31-/m0/s1. The van der Waals surface area contributed by atoms with E-state index in [9.17, 15) is 5.11 Å². The van der Waals surface area contributed by atoms with Crippen molar-refractivity contribution in [1.29, 1.82) is 0 Å². The minimum atomic E-state index is -0.465. The molecule has 7 atom stereocenters. The Labute approximate surface area is 209 Å². The van der Waals surface area contributed by atoms with Crippen molar-refractivity contribution in [1.82, 2.24) is 0 Å². The summed E-state index contributed by atoms with van der Waals surface area (Å²) in [6.45, 7) is 16.7. The molecule has 0 aromatic rings. The monoisotopic (exact) mass is 470 g/mol. The molecule has 2 heterocycles. The summed E-state index contributed by atoms with van der Waals surface area (Å²) in [6, 6.07) is 0. The predicted octanol–water partition coefficient (Wildman–Crippen LogP) is 8.08. The molecule has 2 saturated heterocycles. The molecule has 2 rings (SSSR count). The van der Waals surface area contributed by atoms with Gasteiger partial charge in [-0.25, -0.2) is 0 Å². The molecule has 2 fully saturated rings. The summed E-state index contributed by atoms with van der Waals surface area (Å²) in [7, 11) is 0. The van der Waals surface area contributed by atoms with Crippen molar-refractivity contribution in [3.05, 3.63) is 60.3 Å². The largest absolute Gasteiger partial charge is 0.388 e. The van der Waals surface area contributed by atoms with E-state index in [0.717, 1.165) is 43.3 Å². The smallest absolute Gasteiger partial charge is 0.169 e. The number of unbranched alkanes of at least 4 members (excludes halogenated alkanes) is 1. The van der Waals surface area contributed by atoms with E-state index in [2.05, 4.69) is 45.6 Å². The Balaban J connectivity index is 2.04. The SMILES string of the molecule is C=C(C)/C=C/C1O[C@@]2(CCC(C)C(C/C=C(C)/C=C/C(O)C(C)/C=C/C)O2)CCC1CCCC. The van der Waals surface area contributed by atoms with Gasteiger partial charge < -0.3 is 14.6 Å². The Morgan fingerprint density at radius 1 is 1.15 bits per heavy atom. The highest BCUT2D eigenvalue weighted by atomic mass is 16.7. The summed E-state index contributed by atoms with van der Waals surface area (Å²) in [4.78, 5) is 0. The highest BCUT2D eigenvalue weighted by molar-refractivity contribution is 5.18. The third-order valence-corrected chi connectivity index (χ3v) is 7.45. The van der Waals surface area contributed by atoms with Gasteiger partial charge in [0.05, 0.1) is 18.3 Å². The van der Waals surface area contributed by atoms with Crippen LogP contribution >= 0.6 is 0 Å². The Kier molecular flexibility index (Phi) is 12.0. The summed E-state index contributed by atoms with van der Waals surface area (Å²) in [5, 5.41) is 10.3. The lowest BCUT2D eigenvalue weighted by Gasteiger charge is -2.49. The quantitative estimate of drug-likeness (QED) is 0.245. The summed E-state index contributed by atoms with van der Waals surface area (Å²) < 4.78 is 13.5. The molecule has 1 N–H and O–H groups in total. The first-order chi connectivity index (χ1) is 16.2. The maximum atomic E-state index is 10.3. The number of hydrogen-bond donors (Lipinski definition) is 1. The lowest BCUT2D eigenvalue weighted by atomic mass is 9.81. The van der Waals surface area contributed by atoms with Gasteiger partial charge in [-0.05, 0) is 58.3 Å². The van der Waals surface area contributed by atoms with Crippen molar-refractivity contribution in [2.75, 3.05) is 0 Å². The van der Waals surface area contributed by atoms with Crippen LogP contribution in [0.15, 0.2) is 60.3 Å². The molecule has 2 aliphatic rings. The topological polar surface area (TPSA) is 38.7 Å². The number of ether oxygens (including phenoxy) is 2. The van der Waals surface area contributed by atoms with Crippen molar-refractivity contribution >= 4 is 0 Å². The number of allylic oxidation sites excluding steroid dienone is 5. The average molecular weight is 471 g/mol. The van der Waals surface area contributed by atoms with Gasteiger partial charge in [-0.3, -0.25) is 0 Å². The molecule has 1 spiro atoms. The first-order valence-electron chi connectivity index (χ1n) is 13.5. The van der Waals surface area contributed by atoms with Gasteiger partial charge in [0.15, 0.2) is 5.79 Å². The van der Waals surface area contributed by atoms with Gasteiger partial charge in [0.25, 0.3) is 0 Å². The number of hydrogen-bond acceptors (Lipinski definition) is 3. The molecule has 2 aliphatic heterocycles. The third kappa shape index (κ3) is 8.98.